The van der Waals surface area contributed by atoms with Crippen molar-refractivity contribution in [2.75, 3.05) is 19.4 Å². The molecule has 0 spiro atoms. The first-order valence-electron chi connectivity index (χ1n) is 8.11. The summed E-state index contributed by atoms with van der Waals surface area (Å²) in [5.74, 6) is 1.93. The summed E-state index contributed by atoms with van der Waals surface area (Å²) in [7, 11) is -3.17. The van der Waals surface area contributed by atoms with E-state index in [2.05, 4.69) is 14.9 Å². The second kappa shape index (κ2) is 6.82. The van der Waals surface area contributed by atoms with Gasteiger partial charge in [-0.2, -0.15) is 4.98 Å². The second-order valence-electron chi connectivity index (χ2n) is 6.03. The minimum Gasteiger partial charge on any atom is -0.493 e. The van der Waals surface area contributed by atoms with Gasteiger partial charge < -0.3 is 9.26 Å². The molecule has 0 aliphatic carbocycles. The van der Waals surface area contributed by atoms with Gasteiger partial charge in [0.1, 0.15) is 5.75 Å². The van der Waals surface area contributed by atoms with Crippen LogP contribution in [0.25, 0.3) is 22.2 Å². The van der Waals surface area contributed by atoms with Crippen LogP contribution in [0.4, 0.5) is 0 Å². The summed E-state index contributed by atoms with van der Waals surface area (Å²) in [6.45, 7) is 1.08. The van der Waals surface area contributed by atoms with Crippen molar-refractivity contribution in [3.8, 4) is 27.9 Å². The molecule has 1 N–H and O–H groups in total. The van der Waals surface area contributed by atoms with E-state index in [9.17, 15) is 8.42 Å². The highest BCUT2D eigenvalue weighted by atomic mass is 32.2. The number of sulfonamides is 1. The number of hydrogen-bond acceptors (Lipinski definition) is 7. The van der Waals surface area contributed by atoms with Gasteiger partial charge in [0, 0.05) is 23.4 Å². The third-order valence-electron chi connectivity index (χ3n) is 3.98. The van der Waals surface area contributed by atoms with Gasteiger partial charge in [-0.15, -0.1) is 11.3 Å². The van der Waals surface area contributed by atoms with E-state index in [0.29, 0.717) is 31.3 Å². The Morgan fingerprint density at radius 1 is 1.27 bits per heavy atom. The molecule has 3 heterocycles. The van der Waals surface area contributed by atoms with E-state index in [0.717, 1.165) is 39.3 Å². The number of nitrogens with one attached hydrogen (secondary N) is 1. The number of thiophene rings is 1. The molecule has 136 valence electrons. The van der Waals surface area contributed by atoms with Crippen LogP contribution in [0.2, 0.25) is 0 Å². The van der Waals surface area contributed by atoms with Crippen LogP contribution in [0.1, 0.15) is 10.4 Å². The summed E-state index contributed by atoms with van der Waals surface area (Å²) in [5, 5.41) is 4.08. The van der Waals surface area contributed by atoms with Crippen molar-refractivity contribution in [3.63, 3.8) is 0 Å². The lowest BCUT2D eigenvalue weighted by atomic mass is 10.1. The lowest BCUT2D eigenvalue weighted by Gasteiger charge is -1.99. The number of aromatic nitrogens is 2. The molecular formula is C17H17N3O4S2. The van der Waals surface area contributed by atoms with Crippen LogP contribution in [0.15, 0.2) is 34.9 Å². The third-order valence-corrected chi connectivity index (χ3v) is 5.84. The quantitative estimate of drug-likeness (QED) is 0.694. The van der Waals surface area contributed by atoms with Gasteiger partial charge in [-0.25, -0.2) is 13.1 Å². The SMILES string of the molecule is CS(=O)(=O)NCCc1ccc(-c2nc(-c3ccc4c(c3)CCO4)no2)s1. The van der Waals surface area contributed by atoms with Gasteiger partial charge in [-0.05, 0) is 42.3 Å². The van der Waals surface area contributed by atoms with Crippen molar-refractivity contribution in [1.29, 1.82) is 0 Å². The summed E-state index contributed by atoms with van der Waals surface area (Å²) in [6, 6.07) is 9.75. The zero-order valence-electron chi connectivity index (χ0n) is 14.1. The maximum atomic E-state index is 11.1. The molecule has 4 rings (SSSR count). The fourth-order valence-electron chi connectivity index (χ4n) is 2.75. The van der Waals surface area contributed by atoms with Crippen molar-refractivity contribution in [1.82, 2.24) is 14.9 Å². The Hall–Kier alpha value is -2.23. The maximum Gasteiger partial charge on any atom is 0.268 e. The molecule has 0 saturated heterocycles. The summed E-state index contributed by atoms with van der Waals surface area (Å²) in [5.41, 5.74) is 2.06. The molecule has 2 aromatic heterocycles. The minimum absolute atomic E-state index is 0.366. The van der Waals surface area contributed by atoms with E-state index >= 15 is 0 Å². The zero-order valence-corrected chi connectivity index (χ0v) is 15.7. The summed E-state index contributed by atoms with van der Waals surface area (Å²) < 4.78 is 35.6. The average molecular weight is 391 g/mol. The van der Waals surface area contributed by atoms with Crippen LogP contribution in [-0.4, -0.2) is 38.0 Å². The number of nitrogens with zero attached hydrogens (tertiary/aromatic N) is 2. The highest BCUT2D eigenvalue weighted by molar-refractivity contribution is 7.88. The van der Waals surface area contributed by atoms with Gasteiger partial charge in [0.05, 0.1) is 17.7 Å². The second-order valence-corrected chi connectivity index (χ2v) is 9.03. The van der Waals surface area contributed by atoms with Crippen molar-refractivity contribution >= 4 is 21.4 Å². The highest BCUT2D eigenvalue weighted by Crippen LogP contribution is 2.32. The zero-order chi connectivity index (χ0) is 18.1. The predicted octanol–water partition coefficient (Wildman–Crippen LogP) is 2.49. The molecule has 1 aliphatic heterocycles. The third kappa shape index (κ3) is 3.79. The fraction of sp³-hybridized carbons (Fsp3) is 0.294. The monoisotopic (exact) mass is 391 g/mol. The summed E-state index contributed by atoms with van der Waals surface area (Å²) in [6.07, 6.45) is 2.66. The number of fused-ring (bicyclic) bond motifs is 1. The highest BCUT2D eigenvalue weighted by Gasteiger charge is 2.17. The predicted molar refractivity (Wildman–Crippen MR) is 98.8 cm³/mol. The molecule has 0 bridgehead atoms. The van der Waals surface area contributed by atoms with Crippen LogP contribution < -0.4 is 9.46 Å². The Morgan fingerprint density at radius 2 is 2.15 bits per heavy atom. The van der Waals surface area contributed by atoms with Crippen molar-refractivity contribution in [3.05, 3.63) is 40.8 Å². The molecule has 1 aliphatic rings. The Morgan fingerprint density at radius 3 is 3.00 bits per heavy atom. The molecule has 1 aromatic carbocycles. The van der Waals surface area contributed by atoms with Gasteiger partial charge in [0.25, 0.3) is 5.89 Å². The van der Waals surface area contributed by atoms with Crippen LogP contribution >= 0.6 is 11.3 Å². The summed E-state index contributed by atoms with van der Waals surface area (Å²) >= 11 is 1.51. The molecule has 0 fully saturated rings. The molecule has 9 heteroatoms. The molecule has 3 aromatic rings. The van der Waals surface area contributed by atoms with Gasteiger partial charge in [0.15, 0.2) is 0 Å². The largest absolute Gasteiger partial charge is 0.493 e. The Balaban J connectivity index is 1.48. The smallest absolute Gasteiger partial charge is 0.268 e. The molecule has 0 amide bonds. The Labute approximate surface area is 155 Å². The first-order chi connectivity index (χ1) is 12.5. The minimum atomic E-state index is -3.17. The normalized spacial score (nSPS) is 13.6. The van der Waals surface area contributed by atoms with Crippen LogP contribution in [0.3, 0.4) is 0 Å². The van der Waals surface area contributed by atoms with Crippen molar-refractivity contribution in [2.45, 2.75) is 12.8 Å². The van der Waals surface area contributed by atoms with Crippen molar-refractivity contribution < 1.29 is 17.7 Å². The van der Waals surface area contributed by atoms with Crippen LogP contribution in [-0.2, 0) is 22.9 Å². The molecule has 7 nitrogen and oxygen atoms in total. The van der Waals surface area contributed by atoms with Gasteiger partial charge in [-0.3, -0.25) is 0 Å². The number of rotatable bonds is 6. The molecule has 26 heavy (non-hydrogen) atoms. The van der Waals surface area contributed by atoms with E-state index in [4.69, 9.17) is 9.26 Å². The van der Waals surface area contributed by atoms with E-state index in [1.807, 2.05) is 30.3 Å². The van der Waals surface area contributed by atoms with Crippen LogP contribution in [0.5, 0.6) is 5.75 Å². The topological polar surface area (TPSA) is 94.3 Å². The Kier molecular flexibility index (Phi) is 4.51. The Bertz CT molecular complexity index is 1040. The van der Waals surface area contributed by atoms with Gasteiger partial charge >= 0.3 is 0 Å². The van der Waals surface area contributed by atoms with Gasteiger partial charge in [-0.1, -0.05) is 5.16 Å². The van der Waals surface area contributed by atoms with E-state index in [1.165, 1.54) is 11.3 Å². The van der Waals surface area contributed by atoms with Crippen LogP contribution in [0, 0.1) is 0 Å². The van der Waals surface area contributed by atoms with E-state index in [-0.39, 0.29) is 0 Å². The first-order valence-corrected chi connectivity index (χ1v) is 10.8. The lowest BCUT2D eigenvalue weighted by Crippen LogP contribution is -2.23. The summed E-state index contributed by atoms with van der Waals surface area (Å²) in [4.78, 5) is 6.40. The molecule has 0 unspecified atom stereocenters. The molecule has 0 saturated carbocycles. The fourth-order valence-corrected chi connectivity index (χ4v) is 4.16. The van der Waals surface area contributed by atoms with E-state index in [1.54, 1.807) is 0 Å². The number of benzene rings is 1. The maximum absolute atomic E-state index is 11.1. The molecule has 0 atom stereocenters. The number of hydrogen-bond donors (Lipinski definition) is 1. The molecular weight excluding hydrogens is 374 g/mol. The van der Waals surface area contributed by atoms with Gasteiger partial charge in [0.2, 0.25) is 15.8 Å². The molecule has 0 radical (unpaired) electrons. The average Bonchev–Trinajstić information content (AvgIpc) is 3.32. The lowest BCUT2D eigenvalue weighted by molar-refractivity contribution is 0.357. The van der Waals surface area contributed by atoms with E-state index < -0.39 is 10.0 Å². The first kappa shape index (κ1) is 17.2. The van der Waals surface area contributed by atoms with Crippen molar-refractivity contribution in [2.24, 2.45) is 0 Å². The standard InChI is InChI=1S/C17H17N3O4S2/c1-26(21,22)18-8-6-13-3-5-15(25-13)17-19-16(20-24-17)12-2-4-14-11(10-12)7-9-23-14/h2-5,10,18H,6-9H2,1H3. The number of ether oxygens (including phenoxy) is 1.